The lowest BCUT2D eigenvalue weighted by molar-refractivity contribution is 0.0495. The number of carbonyl (C=O) groups excluding carboxylic acids is 1. The molecule has 1 fully saturated rings. The van der Waals surface area contributed by atoms with Gasteiger partial charge >= 0.3 is 6.09 Å². The zero-order chi connectivity index (χ0) is 17.0. The monoisotopic (exact) mass is 319 g/mol. The normalized spacial score (nSPS) is 18.6. The molecule has 1 aromatic carbocycles. The van der Waals surface area contributed by atoms with Gasteiger partial charge in [-0.3, -0.25) is 0 Å². The van der Waals surface area contributed by atoms with Crippen LogP contribution in [-0.2, 0) is 22.3 Å². The Bertz CT molecular complexity index is 512. The van der Waals surface area contributed by atoms with Gasteiger partial charge in [-0.25, -0.2) is 4.79 Å². The second-order valence-corrected chi connectivity index (χ2v) is 7.74. The summed E-state index contributed by atoms with van der Waals surface area (Å²) in [5, 5.41) is 2.94. The van der Waals surface area contributed by atoms with Crippen molar-refractivity contribution < 1.29 is 14.3 Å². The Labute approximate surface area is 139 Å². The van der Waals surface area contributed by atoms with Crippen LogP contribution in [-0.4, -0.2) is 30.4 Å². The molecule has 2 rings (SSSR count). The summed E-state index contributed by atoms with van der Waals surface area (Å²) < 4.78 is 10.7. The van der Waals surface area contributed by atoms with E-state index in [0.717, 1.165) is 12.8 Å². The molecule has 0 radical (unpaired) electrons. The molecule has 1 aliphatic heterocycles. The molecule has 1 amide bonds. The van der Waals surface area contributed by atoms with Crippen LogP contribution in [0.3, 0.4) is 0 Å². The number of rotatable bonds is 6. The molecule has 2 atom stereocenters. The first-order valence-corrected chi connectivity index (χ1v) is 8.42. The number of benzene rings is 1. The molecule has 0 aromatic heterocycles. The molecule has 0 saturated carbocycles. The molecule has 4 heteroatoms. The highest BCUT2D eigenvalue weighted by molar-refractivity contribution is 5.68. The zero-order valence-corrected chi connectivity index (χ0v) is 14.9. The Kier molecular flexibility index (Phi) is 5.69. The van der Waals surface area contributed by atoms with Crippen molar-refractivity contribution >= 4 is 6.09 Å². The minimum atomic E-state index is -0.489. The third-order valence-corrected chi connectivity index (χ3v) is 3.63. The molecular weight excluding hydrogens is 290 g/mol. The van der Waals surface area contributed by atoms with Crippen LogP contribution in [0.5, 0.6) is 0 Å². The Hall–Kier alpha value is -1.55. The first kappa shape index (κ1) is 17.8. The highest BCUT2D eigenvalue weighted by Crippen LogP contribution is 2.20. The number of carbonyl (C=O) groups is 1. The van der Waals surface area contributed by atoms with Crippen LogP contribution in [0.15, 0.2) is 24.3 Å². The predicted molar refractivity (Wildman–Crippen MR) is 91.6 cm³/mol. The summed E-state index contributed by atoms with van der Waals surface area (Å²) in [6.45, 7) is 10.7. The molecule has 1 heterocycles. The van der Waals surface area contributed by atoms with E-state index in [0.29, 0.717) is 12.5 Å². The average Bonchev–Trinajstić information content (AvgIpc) is 3.21. The highest BCUT2D eigenvalue weighted by Gasteiger charge is 2.34. The summed E-state index contributed by atoms with van der Waals surface area (Å²) in [6.07, 6.45) is 1.56. The minimum Gasteiger partial charge on any atom is -0.444 e. The largest absolute Gasteiger partial charge is 0.444 e. The predicted octanol–water partition coefficient (Wildman–Crippen LogP) is 3.72. The van der Waals surface area contributed by atoms with Gasteiger partial charge in [-0.2, -0.15) is 0 Å². The molecule has 1 aliphatic rings. The van der Waals surface area contributed by atoms with Crippen LogP contribution in [0.4, 0.5) is 4.79 Å². The van der Waals surface area contributed by atoms with Gasteiger partial charge in [0.2, 0.25) is 0 Å². The van der Waals surface area contributed by atoms with E-state index >= 15 is 0 Å². The summed E-state index contributed by atoms with van der Waals surface area (Å²) in [5.74, 6) is 0.655. The Morgan fingerprint density at radius 3 is 2.17 bits per heavy atom. The molecule has 23 heavy (non-hydrogen) atoms. The lowest BCUT2D eigenvalue weighted by Crippen LogP contribution is -2.43. The van der Waals surface area contributed by atoms with Crippen molar-refractivity contribution in [2.45, 2.75) is 65.2 Å². The molecule has 1 aromatic rings. The van der Waals surface area contributed by atoms with E-state index in [2.05, 4.69) is 43.4 Å². The van der Waals surface area contributed by atoms with Gasteiger partial charge in [0.25, 0.3) is 0 Å². The van der Waals surface area contributed by atoms with E-state index in [-0.39, 0.29) is 18.2 Å². The molecule has 0 unspecified atom stereocenters. The number of nitrogens with one attached hydrogen (secondary N) is 1. The molecule has 1 N–H and O–H groups in total. The maximum Gasteiger partial charge on any atom is 0.407 e. The number of hydrogen-bond acceptors (Lipinski definition) is 3. The van der Waals surface area contributed by atoms with Gasteiger partial charge in [-0.1, -0.05) is 38.1 Å². The molecule has 0 aliphatic carbocycles. The quantitative estimate of drug-likeness (QED) is 0.813. The van der Waals surface area contributed by atoms with E-state index in [4.69, 9.17) is 9.47 Å². The summed E-state index contributed by atoms with van der Waals surface area (Å²) in [5.41, 5.74) is 2.06. The fraction of sp³-hybridized carbons (Fsp3) is 0.632. The Balaban J connectivity index is 1.93. The maximum absolute atomic E-state index is 12.0. The van der Waals surface area contributed by atoms with Crippen LogP contribution >= 0.6 is 0 Å². The van der Waals surface area contributed by atoms with Crippen molar-refractivity contribution in [3.8, 4) is 0 Å². The summed E-state index contributed by atoms with van der Waals surface area (Å²) in [4.78, 5) is 12.0. The fourth-order valence-electron chi connectivity index (χ4n) is 2.56. The lowest BCUT2D eigenvalue weighted by atomic mass is 9.98. The topological polar surface area (TPSA) is 50.9 Å². The second-order valence-electron chi connectivity index (χ2n) is 7.74. The molecule has 0 bridgehead atoms. The van der Waals surface area contributed by atoms with E-state index < -0.39 is 5.60 Å². The molecule has 0 spiro atoms. The summed E-state index contributed by atoms with van der Waals surface area (Å²) in [6, 6.07) is 8.59. The maximum atomic E-state index is 12.0. The standard InChI is InChI=1S/C19H29NO3/c1-13(2)10-14-6-8-15(9-7-14)11-16(17-12-22-17)20-18(21)23-19(3,4)5/h6-9,13,16-17H,10-12H2,1-5H3,(H,20,21)/t16-,17-/m0/s1. The van der Waals surface area contributed by atoms with Crippen LogP contribution in [0.2, 0.25) is 0 Å². The van der Waals surface area contributed by atoms with Gasteiger partial charge < -0.3 is 14.8 Å². The van der Waals surface area contributed by atoms with Crippen molar-refractivity contribution in [3.63, 3.8) is 0 Å². The van der Waals surface area contributed by atoms with Crippen molar-refractivity contribution in [1.82, 2.24) is 5.32 Å². The van der Waals surface area contributed by atoms with Crippen molar-refractivity contribution in [3.05, 3.63) is 35.4 Å². The number of epoxide rings is 1. The smallest absolute Gasteiger partial charge is 0.407 e. The van der Waals surface area contributed by atoms with E-state index in [1.807, 2.05) is 20.8 Å². The second kappa shape index (κ2) is 7.35. The van der Waals surface area contributed by atoms with Crippen molar-refractivity contribution in [2.75, 3.05) is 6.61 Å². The molecule has 4 nitrogen and oxygen atoms in total. The van der Waals surface area contributed by atoms with Gasteiger partial charge in [0, 0.05) is 0 Å². The number of ether oxygens (including phenoxy) is 2. The van der Waals surface area contributed by atoms with E-state index in [9.17, 15) is 4.79 Å². The summed E-state index contributed by atoms with van der Waals surface area (Å²) >= 11 is 0. The van der Waals surface area contributed by atoms with Gasteiger partial charge in [-0.05, 0) is 50.7 Å². The third kappa shape index (κ3) is 6.61. The highest BCUT2D eigenvalue weighted by atomic mass is 16.6. The van der Waals surface area contributed by atoms with Crippen molar-refractivity contribution in [1.29, 1.82) is 0 Å². The van der Waals surface area contributed by atoms with Crippen LogP contribution in [0.25, 0.3) is 0 Å². The molecule has 1 saturated heterocycles. The van der Waals surface area contributed by atoms with Gasteiger partial charge in [0.05, 0.1) is 12.6 Å². The summed E-state index contributed by atoms with van der Waals surface area (Å²) in [7, 11) is 0. The van der Waals surface area contributed by atoms with Crippen LogP contribution in [0, 0.1) is 5.92 Å². The van der Waals surface area contributed by atoms with Crippen LogP contribution in [0.1, 0.15) is 45.7 Å². The lowest BCUT2D eigenvalue weighted by Gasteiger charge is -2.23. The SMILES string of the molecule is CC(C)Cc1ccc(C[C@H](NC(=O)OC(C)(C)C)[C@@H]2CO2)cc1. The van der Waals surface area contributed by atoms with Gasteiger partial charge in [-0.15, -0.1) is 0 Å². The first-order valence-electron chi connectivity index (χ1n) is 8.42. The fourth-order valence-corrected chi connectivity index (χ4v) is 2.56. The first-order chi connectivity index (χ1) is 10.7. The van der Waals surface area contributed by atoms with Crippen molar-refractivity contribution in [2.24, 2.45) is 5.92 Å². The zero-order valence-electron chi connectivity index (χ0n) is 14.9. The third-order valence-electron chi connectivity index (χ3n) is 3.63. The van der Waals surface area contributed by atoms with Gasteiger partial charge in [0.1, 0.15) is 11.7 Å². The van der Waals surface area contributed by atoms with Gasteiger partial charge in [0.15, 0.2) is 0 Å². The molecular formula is C19H29NO3. The van der Waals surface area contributed by atoms with E-state index in [1.54, 1.807) is 0 Å². The molecule has 128 valence electrons. The van der Waals surface area contributed by atoms with E-state index in [1.165, 1.54) is 11.1 Å². The Morgan fingerprint density at radius 1 is 1.22 bits per heavy atom. The average molecular weight is 319 g/mol. The Morgan fingerprint density at radius 2 is 1.74 bits per heavy atom. The number of hydrogen-bond donors (Lipinski definition) is 1. The number of amides is 1. The minimum absolute atomic E-state index is 0.0409. The van der Waals surface area contributed by atoms with Crippen LogP contribution < -0.4 is 5.32 Å². The number of alkyl carbamates (subject to hydrolysis) is 1.